The highest BCUT2D eigenvalue weighted by Gasteiger charge is 2.28. The molecule has 1 atom stereocenters. The van der Waals surface area contributed by atoms with Gasteiger partial charge in [-0.25, -0.2) is 9.97 Å². The number of fused-ring (bicyclic) bond motifs is 2. The molecule has 3 N–H and O–H groups in total. The van der Waals surface area contributed by atoms with E-state index >= 15 is 0 Å². The number of imidazole rings is 1. The van der Waals surface area contributed by atoms with E-state index in [1.165, 1.54) is 16.8 Å². The Morgan fingerprint density at radius 3 is 2.80 bits per heavy atom. The molecule has 7 heteroatoms. The summed E-state index contributed by atoms with van der Waals surface area (Å²) in [6.45, 7) is 1.89. The molecule has 0 amide bonds. The van der Waals surface area contributed by atoms with Crippen LogP contribution >= 0.6 is 0 Å². The maximum absolute atomic E-state index is 6.21. The number of aromatic nitrogens is 4. The van der Waals surface area contributed by atoms with Gasteiger partial charge in [0.15, 0.2) is 0 Å². The smallest absolute Gasteiger partial charge is 0.225 e. The molecule has 1 aliphatic carbocycles. The molecule has 0 aliphatic heterocycles. The number of H-pyrrole nitrogens is 1. The van der Waals surface area contributed by atoms with Crippen LogP contribution in [0.2, 0.25) is 0 Å². The molecular weight excluding hydrogens is 436 g/mol. The van der Waals surface area contributed by atoms with Crippen LogP contribution in [0.5, 0.6) is 0 Å². The second kappa shape index (κ2) is 9.44. The number of benzene rings is 2. The van der Waals surface area contributed by atoms with Gasteiger partial charge < -0.3 is 15.1 Å². The van der Waals surface area contributed by atoms with Crippen LogP contribution in [0.1, 0.15) is 47.1 Å². The highest BCUT2D eigenvalue weighted by molar-refractivity contribution is 5.74. The summed E-state index contributed by atoms with van der Waals surface area (Å²) < 4.78 is 5.50. The van der Waals surface area contributed by atoms with Crippen molar-refractivity contribution in [2.45, 2.75) is 44.9 Å². The molecule has 0 fully saturated rings. The molecule has 0 radical (unpaired) electrons. The Hall–Kier alpha value is -3.81. The van der Waals surface area contributed by atoms with E-state index in [9.17, 15) is 0 Å². The van der Waals surface area contributed by atoms with Gasteiger partial charge in [-0.05, 0) is 66.3 Å². The van der Waals surface area contributed by atoms with Crippen LogP contribution in [0, 0.1) is 0 Å². The molecule has 0 spiro atoms. The van der Waals surface area contributed by atoms with Gasteiger partial charge in [0.2, 0.25) is 5.89 Å². The minimum Gasteiger partial charge on any atom is -0.445 e. The summed E-state index contributed by atoms with van der Waals surface area (Å²) in [7, 11) is 0. The monoisotopic (exact) mass is 464 g/mol. The Morgan fingerprint density at radius 2 is 1.94 bits per heavy atom. The summed E-state index contributed by atoms with van der Waals surface area (Å²) in [6.07, 6.45) is 8.45. The number of nitrogens with one attached hydrogen (secondary N) is 1. The van der Waals surface area contributed by atoms with E-state index < -0.39 is 0 Å². The van der Waals surface area contributed by atoms with Crippen molar-refractivity contribution in [1.82, 2.24) is 24.8 Å². The lowest BCUT2D eigenvalue weighted by molar-refractivity contribution is 0.153. The first kappa shape index (κ1) is 21.7. The number of nitrogens with zero attached hydrogens (tertiary/aromatic N) is 4. The van der Waals surface area contributed by atoms with Crippen molar-refractivity contribution in [3.05, 3.63) is 101 Å². The van der Waals surface area contributed by atoms with E-state index in [4.69, 9.17) is 20.1 Å². The van der Waals surface area contributed by atoms with Crippen molar-refractivity contribution in [3.8, 4) is 11.5 Å². The van der Waals surface area contributed by atoms with Crippen LogP contribution in [0.4, 0.5) is 0 Å². The lowest BCUT2D eigenvalue weighted by Gasteiger charge is -2.35. The highest BCUT2D eigenvalue weighted by Crippen LogP contribution is 2.35. The van der Waals surface area contributed by atoms with Crippen molar-refractivity contribution >= 4 is 11.0 Å². The first-order valence-electron chi connectivity index (χ1n) is 12.1. The maximum atomic E-state index is 6.21. The zero-order valence-corrected chi connectivity index (χ0v) is 19.5. The van der Waals surface area contributed by atoms with Crippen LogP contribution in [0.25, 0.3) is 22.5 Å². The minimum atomic E-state index is 0.213. The standard InChI is InChI=1S/C28H28N6O/c29-16-22-15-20(28-31-13-14-35-28)10-11-21(22)17-34(18-26-32-23-7-1-2-8-24(23)33-26)25-9-3-5-19-6-4-12-30-27(19)25/h1-2,4,6-8,10-15,25H,3,5,9,16-18,29H2,(H,32,33). The van der Waals surface area contributed by atoms with E-state index in [-0.39, 0.29) is 6.04 Å². The summed E-state index contributed by atoms with van der Waals surface area (Å²) in [6, 6.07) is 18.9. The molecule has 2 aromatic carbocycles. The van der Waals surface area contributed by atoms with E-state index in [2.05, 4.69) is 45.2 Å². The summed E-state index contributed by atoms with van der Waals surface area (Å²) in [5.74, 6) is 1.57. The Morgan fingerprint density at radius 1 is 1.00 bits per heavy atom. The minimum absolute atomic E-state index is 0.213. The van der Waals surface area contributed by atoms with Gasteiger partial charge in [-0.1, -0.05) is 24.3 Å². The van der Waals surface area contributed by atoms with Crippen molar-refractivity contribution in [1.29, 1.82) is 0 Å². The number of oxazole rings is 1. The van der Waals surface area contributed by atoms with Gasteiger partial charge in [0.25, 0.3) is 0 Å². The Kier molecular flexibility index (Phi) is 5.86. The topological polar surface area (TPSA) is 96.9 Å². The number of rotatable bonds is 7. The lowest BCUT2D eigenvalue weighted by Crippen LogP contribution is -2.32. The molecule has 0 saturated carbocycles. The third-order valence-corrected chi connectivity index (χ3v) is 6.88. The van der Waals surface area contributed by atoms with E-state index in [1.54, 1.807) is 12.5 Å². The average molecular weight is 465 g/mol. The van der Waals surface area contributed by atoms with Gasteiger partial charge in [-0.2, -0.15) is 0 Å². The second-order valence-corrected chi connectivity index (χ2v) is 9.09. The fourth-order valence-electron chi connectivity index (χ4n) is 5.18. The lowest BCUT2D eigenvalue weighted by atomic mass is 9.90. The predicted octanol–water partition coefficient (Wildman–Crippen LogP) is 5.15. The molecule has 1 aliphatic rings. The van der Waals surface area contributed by atoms with Crippen LogP contribution in [0.3, 0.4) is 0 Å². The van der Waals surface area contributed by atoms with E-state index in [0.717, 1.165) is 53.8 Å². The molecule has 3 aromatic heterocycles. The Balaban J connectivity index is 1.37. The van der Waals surface area contributed by atoms with Crippen molar-refractivity contribution in [3.63, 3.8) is 0 Å². The number of hydrogen-bond donors (Lipinski definition) is 2. The first-order chi connectivity index (χ1) is 17.3. The maximum Gasteiger partial charge on any atom is 0.225 e. The van der Waals surface area contributed by atoms with Gasteiger partial charge in [0.1, 0.15) is 12.1 Å². The van der Waals surface area contributed by atoms with Crippen LogP contribution in [-0.4, -0.2) is 24.8 Å². The number of pyridine rings is 1. The number of nitrogens with two attached hydrogens (primary N) is 1. The second-order valence-electron chi connectivity index (χ2n) is 9.09. The van der Waals surface area contributed by atoms with Crippen LogP contribution in [-0.2, 0) is 26.1 Å². The summed E-state index contributed by atoms with van der Waals surface area (Å²) in [4.78, 5) is 20.0. The molecule has 35 heavy (non-hydrogen) atoms. The molecule has 176 valence electrons. The van der Waals surface area contributed by atoms with Gasteiger partial charge in [0, 0.05) is 24.8 Å². The zero-order valence-electron chi connectivity index (χ0n) is 19.5. The van der Waals surface area contributed by atoms with Gasteiger partial charge in [0.05, 0.1) is 35.5 Å². The third kappa shape index (κ3) is 4.36. The SMILES string of the molecule is NCc1cc(-c2ncco2)ccc1CN(Cc1nc2ccccc2[nH]1)C1CCCc2cccnc21. The van der Waals surface area contributed by atoms with Crippen molar-refractivity contribution in [2.24, 2.45) is 5.73 Å². The van der Waals surface area contributed by atoms with Crippen molar-refractivity contribution in [2.75, 3.05) is 0 Å². The van der Waals surface area contributed by atoms with Gasteiger partial charge in [-0.15, -0.1) is 0 Å². The zero-order chi connectivity index (χ0) is 23.6. The molecule has 3 heterocycles. The van der Waals surface area contributed by atoms with E-state index in [1.807, 2.05) is 30.5 Å². The van der Waals surface area contributed by atoms with Crippen molar-refractivity contribution < 1.29 is 4.42 Å². The molecule has 7 nitrogen and oxygen atoms in total. The fraction of sp³-hybridized carbons (Fsp3) is 0.250. The average Bonchev–Trinajstić information content (AvgIpc) is 3.58. The first-order valence-corrected chi connectivity index (χ1v) is 12.1. The highest BCUT2D eigenvalue weighted by atomic mass is 16.3. The molecule has 0 saturated heterocycles. The van der Waals surface area contributed by atoms with Crippen LogP contribution in [0.15, 0.2) is 77.7 Å². The summed E-state index contributed by atoms with van der Waals surface area (Å²) in [5.41, 5.74) is 14.0. The molecule has 0 bridgehead atoms. The Bertz CT molecular complexity index is 1410. The number of para-hydroxylation sites is 2. The molecule has 5 aromatic rings. The molecule has 6 rings (SSSR count). The van der Waals surface area contributed by atoms with Gasteiger partial charge in [-0.3, -0.25) is 9.88 Å². The van der Waals surface area contributed by atoms with Crippen LogP contribution < -0.4 is 5.73 Å². The molecule has 1 unspecified atom stereocenters. The normalized spacial score (nSPS) is 15.5. The summed E-state index contributed by atoms with van der Waals surface area (Å²) in [5, 5.41) is 0. The largest absolute Gasteiger partial charge is 0.445 e. The van der Waals surface area contributed by atoms with Gasteiger partial charge >= 0.3 is 0 Å². The molecular formula is C28H28N6O. The fourth-order valence-corrected chi connectivity index (χ4v) is 5.18. The van der Waals surface area contributed by atoms with E-state index in [0.29, 0.717) is 19.0 Å². The summed E-state index contributed by atoms with van der Waals surface area (Å²) >= 11 is 0. The quantitative estimate of drug-likeness (QED) is 0.346. The number of aryl methyl sites for hydroxylation is 1. The number of aromatic amines is 1. The predicted molar refractivity (Wildman–Crippen MR) is 135 cm³/mol. The number of hydrogen-bond acceptors (Lipinski definition) is 6. The third-order valence-electron chi connectivity index (χ3n) is 6.88. The Labute approximate surface area is 204 Å².